The Labute approximate surface area is 183 Å². The fraction of sp³-hybridized carbons (Fsp3) is 0.400. The molecule has 0 aromatic heterocycles. The van der Waals surface area contributed by atoms with E-state index in [-0.39, 0.29) is 17.8 Å². The van der Waals surface area contributed by atoms with Gasteiger partial charge in [0.05, 0.1) is 35.4 Å². The number of aliphatic hydroxyl groups excluding tert-OH is 1. The average molecular weight is 519 g/mol. The van der Waals surface area contributed by atoms with Gasteiger partial charge < -0.3 is 5.11 Å². The molecule has 0 aromatic rings. The van der Waals surface area contributed by atoms with Gasteiger partial charge in [-0.1, -0.05) is 64.8 Å². The van der Waals surface area contributed by atoms with Crippen LogP contribution in [-0.4, -0.2) is 30.2 Å². The molecule has 0 fully saturated rings. The van der Waals surface area contributed by atoms with E-state index in [0.717, 1.165) is 10.6 Å². The fourth-order valence-corrected chi connectivity index (χ4v) is 7.51. The van der Waals surface area contributed by atoms with Crippen molar-refractivity contribution in [1.29, 1.82) is 0 Å². The van der Waals surface area contributed by atoms with E-state index in [4.69, 9.17) is 27.9 Å². The third-order valence-corrected chi connectivity index (χ3v) is 8.53. The topological polar surface area (TPSA) is 20.2 Å². The molecule has 0 bridgehead atoms. The highest BCUT2D eigenvalue weighted by atomic mass is 79.9. The number of rotatable bonds is 7. The Kier molecular flexibility index (Phi) is 10.3. The van der Waals surface area contributed by atoms with Crippen molar-refractivity contribution in [3.05, 3.63) is 69.0 Å². The zero-order chi connectivity index (χ0) is 21.5. The molecule has 1 heterocycles. The summed E-state index contributed by atoms with van der Waals surface area (Å²) in [6.07, 6.45) is 6.51. The van der Waals surface area contributed by atoms with Crippen LogP contribution in [-0.2, 0) is 0 Å². The Morgan fingerprint density at radius 3 is 2.54 bits per heavy atom. The largest absolute Gasteiger partial charge is 0.399 e. The number of hydrogen-bond acceptors (Lipinski definition) is 1. The highest BCUT2D eigenvalue weighted by Crippen LogP contribution is 2.72. The molecule has 156 valence electrons. The van der Waals surface area contributed by atoms with Crippen LogP contribution in [0, 0.1) is 5.92 Å². The molecule has 1 N–H and O–H groups in total. The van der Waals surface area contributed by atoms with Gasteiger partial charge in [0.15, 0.2) is 0 Å². The molecule has 3 atom stereocenters. The van der Waals surface area contributed by atoms with Gasteiger partial charge in [-0.25, -0.2) is 0 Å². The second-order valence-corrected chi connectivity index (χ2v) is 13.3. The minimum absolute atomic E-state index is 0.0778. The summed E-state index contributed by atoms with van der Waals surface area (Å²) in [5.74, 6) is -0.246. The van der Waals surface area contributed by atoms with Crippen LogP contribution < -0.4 is 0 Å². The Morgan fingerprint density at radius 1 is 1.43 bits per heavy atom. The second kappa shape index (κ2) is 11.2. The van der Waals surface area contributed by atoms with Gasteiger partial charge in [-0.3, -0.25) is 0 Å². The number of hydrogen-bond donors (Lipinski definition) is 1. The first-order valence-electron chi connectivity index (χ1n) is 8.64. The minimum Gasteiger partial charge on any atom is -0.392 e. The molecule has 8 heteroatoms. The fourth-order valence-electron chi connectivity index (χ4n) is 2.88. The summed E-state index contributed by atoms with van der Waals surface area (Å²) < 4.78 is 42.1. The highest BCUT2D eigenvalue weighted by Gasteiger charge is 2.47. The van der Waals surface area contributed by atoms with E-state index >= 15 is 0 Å². The zero-order valence-electron chi connectivity index (χ0n) is 15.8. The summed E-state index contributed by atoms with van der Waals surface area (Å²) in [7, 11) is 0. The quantitative estimate of drug-likeness (QED) is 0.266. The maximum atomic E-state index is 13.8. The molecule has 0 spiro atoms. The van der Waals surface area contributed by atoms with Crippen LogP contribution in [0.15, 0.2) is 69.0 Å². The highest BCUT2D eigenvalue weighted by molar-refractivity contribution is 9.11. The van der Waals surface area contributed by atoms with Gasteiger partial charge in [-0.2, -0.15) is 13.2 Å². The van der Waals surface area contributed by atoms with Crippen LogP contribution in [0.1, 0.15) is 20.3 Å². The lowest BCUT2D eigenvalue weighted by molar-refractivity contribution is -0.150. The maximum Gasteiger partial charge on any atom is 0.399 e. The van der Waals surface area contributed by atoms with E-state index < -0.39 is 18.7 Å². The molecular formula is C20H24BrCl2F3OP+. The Hall–Kier alpha value is -0.320. The van der Waals surface area contributed by atoms with Crippen molar-refractivity contribution in [2.24, 2.45) is 5.92 Å². The summed E-state index contributed by atoms with van der Waals surface area (Å²) in [6, 6.07) is 0. The predicted octanol–water partition coefficient (Wildman–Crippen LogP) is 8.09. The summed E-state index contributed by atoms with van der Waals surface area (Å²) in [5.41, 5.74) is 0.513. The van der Waals surface area contributed by atoms with Crippen LogP contribution in [0.3, 0.4) is 0 Å². The van der Waals surface area contributed by atoms with Gasteiger partial charge in [0.2, 0.25) is 0 Å². The molecule has 0 amide bonds. The monoisotopic (exact) mass is 517 g/mol. The molecule has 1 nitrogen and oxygen atoms in total. The molecule has 1 aliphatic rings. The second-order valence-electron chi connectivity index (χ2n) is 6.50. The standard InChI is InChI=1S/C20H24BrCl2F3OP/c1-4-19-18(22)12-16(13-28(19,3)23)17(20(24,25)26)9-8-15(11-14(2)21)7-5-6-10-27/h5-9,11-13,17,19,27H,4,10H2,1-3H3/q+1/b6-5+,9-8+,14-11+,15-7-. The van der Waals surface area contributed by atoms with Gasteiger partial charge in [-0.05, 0) is 35.6 Å². The van der Waals surface area contributed by atoms with Gasteiger partial charge in [0.1, 0.15) is 18.2 Å². The van der Waals surface area contributed by atoms with E-state index in [0.29, 0.717) is 17.0 Å². The molecular weight excluding hydrogens is 495 g/mol. The molecule has 0 radical (unpaired) electrons. The lowest BCUT2D eigenvalue weighted by Gasteiger charge is -2.28. The molecule has 1 rings (SSSR count). The van der Waals surface area contributed by atoms with Gasteiger partial charge in [-0.15, -0.1) is 0 Å². The Balaban J connectivity index is 3.35. The van der Waals surface area contributed by atoms with Crippen LogP contribution in [0.5, 0.6) is 0 Å². The van der Waals surface area contributed by atoms with Crippen LogP contribution in [0.4, 0.5) is 13.2 Å². The smallest absolute Gasteiger partial charge is 0.392 e. The first-order valence-corrected chi connectivity index (χ1v) is 13.1. The molecule has 0 aromatic carbocycles. The van der Waals surface area contributed by atoms with Crippen molar-refractivity contribution in [3.8, 4) is 0 Å². The summed E-state index contributed by atoms with van der Waals surface area (Å²) in [6.45, 7) is 3.07. The number of aliphatic hydroxyl groups is 1. The molecule has 1 aliphatic heterocycles. The molecule has 0 aliphatic carbocycles. The van der Waals surface area contributed by atoms with Gasteiger partial charge in [0.25, 0.3) is 0 Å². The minimum atomic E-state index is -4.48. The number of alkyl halides is 3. The third kappa shape index (κ3) is 7.84. The Bertz CT molecular complexity index is 730. The van der Waals surface area contributed by atoms with Gasteiger partial charge in [0, 0.05) is 5.57 Å². The Morgan fingerprint density at radius 2 is 2.07 bits per heavy atom. The van der Waals surface area contributed by atoms with E-state index in [1.54, 1.807) is 37.6 Å². The first-order chi connectivity index (χ1) is 12.9. The molecule has 3 unspecified atom stereocenters. The van der Waals surface area contributed by atoms with Gasteiger partial charge >= 0.3 is 6.18 Å². The number of allylic oxidation sites excluding steroid dienone is 10. The zero-order valence-corrected chi connectivity index (χ0v) is 19.8. The van der Waals surface area contributed by atoms with Crippen molar-refractivity contribution in [2.45, 2.75) is 32.1 Å². The lowest BCUT2D eigenvalue weighted by Crippen LogP contribution is -2.24. The first kappa shape index (κ1) is 25.7. The summed E-state index contributed by atoms with van der Waals surface area (Å²) >= 11 is 16.2. The van der Waals surface area contributed by atoms with Crippen molar-refractivity contribution >= 4 is 45.4 Å². The lowest BCUT2D eigenvalue weighted by atomic mass is 9.97. The van der Waals surface area contributed by atoms with E-state index in [9.17, 15) is 13.2 Å². The summed E-state index contributed by atoms with van der Waals surface area (Å²) in [4.78, 5) is 0. The SMILES string of the molecule is CCC1C(Cl)=CC(C(/C=C/C(=C/C=C/CO)/C=C(\C)Br)C(F)(F)F)=C[P+]1(C)Cl. The number of halogens is 6. The summed E-state index contributed by atoms with van der Waals surface area (Å²) in [5, 5.41) is 9.21. The van der Waals surface area contributed by atoms with Crippen LogP contribution in [0.25, 0.3) is 0 Å². The molecule has 0 saturated carbocycles. The normalized spacial score (nSPS) is 26.0. The maximum absolute atomic E-state index is 13.8. The predicted molar refractivity (Wildman–Crippen MR) is 120 cm³/mol. The van der Waals surface area contributed by atoms with Crippen LogP contribution in [0.2, 0.25) is 0 Å². The third-order valence-electron chi connectivity index (χ3n) is 4.11. The van der Waals surface area contributed by atoms with Crippen molar-refractivity contribution in [2.75, 3.05) is 13.3 Å². The van der Waals surface area contributed by atoms with E-state index in [1.165, 1.54) is 18.2 Å². The van der Waals surface area contributed by atoms with Crippen molar-refractivity contribution in [3.63, 3.8) is 0 Å². The molecule has 28 heavy (non-hydrogen) atoms. The van der Waals surface area contributed by atoms with Crippen molar-refractivity contribution in [1.82, 2.24) is 0 Å². The van der Waals surface area contributed by atoms with E-state index in [1.807, 2.05) is 6.92 Å². The van der Waals surface area contributed by atoms with Crippen LogP contribution >= 0.6 is 45.4 Å². The van der Waals surface area contributed by atoms with Crippen molar-refractivity contribution < 1.29 is 18.3 Å². The molecule has 0 saturated heterocycles. The van der Waals surface area contributed by atoms with E-state index in [2.05, 4.69) is 15.9 Å². The average Bonchev–Trinajstić information content (AvgIpc) is 2.52.